The molecule has 0 aliphatic heterocycles. The maximum absolute atomic E-state index is 0. The SMILES string of the molecule is C.[Li].[Mn].[Ni]. The molecular weight excluding hydrogens is 133 g/mol. The molecule has 3 heteroatoms. The molecule has 0 spiro atoms. The number of hydrogen-bond acceptors (Lipinski definition) is 0. The molecule has 0 N–H and O–H groups in total. The van der Waals surface area contributed by atoms with E-state index in [-0.39, 0.29) is 59.8 Å². The van der Waals surface area contributed by atoms with E-state index in [2.05, 4.69) is 0 Å². The summed E-state index contributed by atoms with van der Waals surface area (Å²) in [6, 6.07) is 0. The Kier molecular flexibility index (Phi) is 266. The van der Waals surface area contributed by atoms with E-state index < -0.39 is 0 Å². The van der Waals surface area contributed by atoms with Crippen LogP contribution in [-0.2, 0) is 33.6 Å². The van der Waals surface area contributed by atoms with Crippen LogP contribution in [0.3, 0.4) is 0 Å². The van der Waals surface area contributed by atoms with Crippen LogP contribution in [0.25, 0.3) is 0 Å². The van der Waals surface area contributed by atoms with Crippen molar-refractivity contribution in [3.8, 4) is 0 Å². The van der Waals surface area contributed by atoms with Gasteiger partial charge in [-0.15, -0.1) is 0 Å². The van der Waals surface area contributed by atoms with Crippen molar-refractivity contribution in [2.24, 2.45) is 0 Å². The van der Waals surface area contributed by atoms with Gasteiger partial charge in [-0.05, 0) is 0 Å². The Balaban J connectivity index is 0. The summed E-state index contributed by atoms with van der Waals surface area (Å²) >= 11 is 0. The fourth-order valence-corrected chi connectivity index (χ4v) is 0. The Morgan fingerprint density at radius 1 is 1.00 bits per heavy atom. The third-order valence-electron chi connectivity index (χ3n) is 0. The zero-order valence-electron chi connectivity index (χ0n) is 1.69. The van der Waals surface area contributed by atoms with Crippen LogP contribution in [0.15, 0.2) is 0 Å². The Labute approximate surface area is 59.7 Å². The third-order valence-corrected chi connectivity index (χ3v) is 0. The van der Waals surface area contributed by atoms with Crippen molar-refractivity contribution >= 4 is 18.9 Å². The average molecular weight is 137 g/mol. The molecular formula is CH4LiMnNi. The first kappa shape index (κ1) is 46.0. The van der Waals surface area contributed by atoms with Gasteiger partial charge in [-0.1, -0.05) is 7.43 Å². The molecule has 0 rings (SSSR count). The zero-order chi connectivity index (χ0) is 0. The summed E-state index contributed by atoms with van der Waals surface area (Å²) in [6.45, 7) is 0. The molecule has 0 saturated heterocycles. The van der Waals surface area contributed by atoms with Crippen LogP contribution in [0.1, 0.15) is 7.43 Å². The van der Waals surface area contributed by atoms with Gasteiger partial charge in [-0.25, -0.2) is 0 Å². The van der Waals surface area contributed by atoms with Gasteiger partial charge in [-0.2, -0.15) is 0 Å². The normalized spacial score (nSPS) is 0. The van der Waals surface area contributed by atoms with Crippen LogP contribution in [0.4, 0.5) is 0 Å². The smallest absolute Gasteiger partial charge is 0 e. The summed E-state index contributed by atoms with van der Waals surface area (Å²) in [5.41, 5.74) is 0. The first-order valence-electron chi connectivity index (χ1n) is 0. The van der Waals surface area contributed by atoms with Crippen LogP contribution < -0.4 is 0 Å². The second-order valence-corrected chi connectivity index (χ2v) is 0. The van der Waals surface area contributed by atoms with Gasteiger partial charge in [0.2, 0.25) is 0 Å². The molecule has 0 aromatic heterocycles. The van der Waals surface area contributed by atoms with Crippen molar-refractivity contribution in [1.29, 1.82) is 0 Å². The van der Waals surface area contributed by atoms with E-state index in [9.17, 15) is 0 Å². The fraction of sp³-hybridized carbons (Fsp3) is 1.00. The van der Waals surface area contributed by atoms with Crippen molar-refractivity contribution in [2.75, 3.05) is 0 Å². The Morgan fingerprint density at radius 3 is 1.00 bits per heavy atom. The molecule has 26 valence electrons. The Morgan fingerprint density at radius 2 is 1.00 bits per heavy atom. The van der Waals surface area contributed by atoms with Crippen molar-refractivity contribution in [3.05, 3.63) is 0 Å². The van der Waals surface area contributed by atoms with Crippen molar-refractivity contribution < 1.29 is 33.6 Å². The molecule has 0 saturated carbocycles. The van der Waals surface area contributed by atoms with Gasteiger partial charge in [0.05, 0.1) is 0 Å². The molecule has 2 radical (unpaired) electrons. The van der Waals surface area contributed by atoms with E-state index in [4.69, 9.17) is 0 Å². The van der Waals surface area contributed by atoms with Gasteiger partial charge in [-0.3, -0.25) is 0 Å². The maximum atomic E-state index is 0. The molecule has 0 amide bonds. The second kappa shape index (κ2) is 23.2. The molecule has 0 aromatic carbocycles. The molecule has 0 fully saturated rings. The van der Waals surface area contributed by atoms with E-state index in [1.54, 1.807) is 0 Å². The minimum atomic E-state index is 0. The first-order chi connectivity index (χ1) is 0. The van der Waals surface area contributed by atoms with E-state index in [0.29, 0.717) is 0 Å². The van der Waals surface area contributed by atoms with E-state index in [1.807, 2.05) is 0 Å². The summed E-state index contributed by atoms with van der Waals surface area (Å²) < 4.78 is 0. The number of hydrogen-bond donors (Lipinski definition) is 0. The van der Waals surface area contributed by atoms with Crippen molar-refractivity contribution in [2.45, 2.75) is 7.43 Å². The molecule has 0 aromatic rings. The Bertz CT molecular complexity index is 8.00. The Hall–Kier alpha value is 1.61. The molecule has 0 nitrogen and oxygen atoms in total. The van der Waals surface area contributed by atoms with Crippen LogP contribution in [0, 0.1) is 0 Å². The van der Waals surface area contributed by atoms with Gasteiger partial charge < -0.3 is 0 Å². The predicted molar refractivity (Wildman–Crippen MR) is 12.5 cm³/mol. The standard InChI is InChI=1S/CH4.Li.Mn.Ni/h1H4;;;. The zero-order valence-corrected chi connectivity index (χ0v) is 3.86. The van der Waals surface area contributed by atoms with Gasteiger partial charge in [0.25, 0.3) is 0 Å². The summed E-state index contributed by atoms with van der Waals surface area (Å²) in [5, 5.41) is 0. The van der Waals surface area contributed by atoms with Gasteiger partial charge in [0.15, 0.2) is 0 Å². The summed E-state index contributed by atoms with van der Waals surface area (Å²) in [4.78, 5) is 0. The van der Waals surface area contributed by atoms with Gasteiger partial charge in [0.1, 0.15) is 0 Å². The molecule has 0 heterocycles. The van der Waals surface area contributed by atoms with Crippen molar-refractivity contribution in [3.63, 3.8) is 0 Å². The van der Waals surface area contributed by atoms with E-state index >= 15 is 0 Å². The largest absolute Gasteiger partial charge is 0.0776 e. The second-order valence-electron chi connectivity index (χ2n) is 0. The monoisotopic (exact) mass is 136 g/mol. The third kappa shape index (κ3) is 9.49. The number of rotatable bonds is 0. The van der Waals surface area contributed by atoms with Gasteiger partial charge >= 0.3 is 0 Å². The molecule has 0 unspecified atom stereocenters. The van der Waals surface area contributed by atoms with Crippen molar-refractivity contribution in [1.82, 2.24) is 0 Å². The maximum Gasteiger partial charge on any atom is 0 e. The fourth-order valence-electron chi connectivity index (χ4n) is 0. The predicted octanol–water partition coefficient (Wildman–Crippen LogP) is 0.250. The molecule has 0 aliphatic rings. The quantitative estimate of drug-likeness (QED) is 0.419. The summed E-state index contributed by atoms with van der Waals surface area (Å²) in [6.07, 6.45) is 0. The minimum Gasteiger partial charge on any atom is -0.0776 e. The average Bonchev–Trinajstić information content (AvgIpc) is 0. The summed E-state index contributed by atoms with van der Waals surface area (Å²) in [5.74, 6) is 0. The minimum absolute atomic E-state index is 0. The van der Waals surface area contributed by atoms with Gasteiger partial charge in [0, 0.05) is 52.4 Å². The molecule has 0 bridgehead atoms. The summed E-state index contributed by atoms with van der Waals surface area (Å²) in [7, 11) is 0. The van der Waals surface area contributed by atoms with Crippen LogP contribution in [-0.4, -0.2) is 18.9 Å². The molecule has 0 atom stereocenters. The van der Waals surface area contributed by atoms with Crippen LogP contribution >= 0.6 is 0 Å². The first-order valence-corrected chi connectivity index (χ1v) is 0. The molecule has 0 aliphatic carbocycles. The topological polar surface area (TPSA) is 0 Å². The van der Waals surface area contributed by atoms with Crippen LogP contribution in [0.2, 0.25) is 0 Å². The van der Waals surface area contributed by atoms with E-state index in [0.717, 1.165) is 0 Å². The van der Waals surface area contributed by atoms with Crippen LogP contribution in [0.5, 0.6) is 0 Å². The van der Waals surface area contributed by atoms with E-state index in [1.165, 1.54) is 0 Å². The molecule has 4 heavy (non-hydrogen) atoms.